The summed E-state index contributed by atoms with van der Waals surface area (Å²) in [7, 11) is 1.52. The molecule has 0 saturated heterocycles. The number of nitrogens with zero attached hydrogens (tertiary/aromatic N) is 3. The van der Waals surface area contributed by atoms with Gasteiger partial charge in [-0.25, -0.2) is 4.98 Å². The standard InChI is InChI=1S/C12H10N4O/c1-17-10-3-2-8(6-9(10)7-13)11-12(14)16-5-4-15-11/h2-6H,1H3,(H2,14,16). The summed E-state index contributed by atoms with van der Waals surface area (Å²) >= 11 is 0. The Morgan fingerprint density at radius 2 is 2.06 bits per heavy atom. The van der Waals surface area contributed by atoms with E-state index in [0.717, 1.165) is 5.56 Å². The Kier molecular flexibility index (Phi) is 2.88. The van der Waals surface area contributed by atoms with Gasteiger partial charge in [-0.05, 0) is 18.2 Å². The first kappa shape index (κ1) is 10.9. The lowest BCUT2D eigenvalue weighted by atomic mass is 10.1. The molecule has 5 nitrogen and oxygen atoms in total. The van der Waals surface area contributed by atoms with Crippen molar-refractivity contribution in [1.82, 2.24) is 9.97 Å². The van der Waals surface area contributed by atoms with Gasteiger partial charge in [0.25, 0.3) is 0 Å². The Morgan fingerprint density at radius 3 is 2.71 bits per heavy atom. The van der Waals surface area contributed by atoms with Gasteiger partial charge < -0.3 is 10.5 Å². The van der Waals surface area contributed by atoms with Gasteiger partial charge in [0, 0.05) is 18.0 Å². The number of nitrogen functional groups attached to an aromatic ring is 1. The van der Waals surface area contributed by atoms with Crippen molar-refractivity contribution in [3.63, 3.8) is 0 Å². The van der Waals surface area contributed by atoms with Crippen LogP contribution < -0.4 is 10.5 Å². The largest absolute Gasteiger partial charge is 0.495 e. The molecular formula is C12H10N4O. The van der Waals surface area contributed by atoms with Gasteiger partial charge in [-0.3, -0.25) is 4.98 Å². The fourth-order valence-corrected chi connectivity index (χ4v) is 1.51. The zero-order chi connectivity index (χ0) is 12.3. The molecule has 0 saturated carbocycles. The van der Waals surface area contributed by atoms with Crippen LogP contribution in [0.15, 0.2) is 30.6 Å². The second kappa shape index (κ2) is 4.49. The molecule has 17 heavy (non-hydrogen) atoms. The third kappa shape index (κ3) is 2.01. The highest BCUT2D eigenvalue weighted by atomic mass is 16.5. The van der Waals surface area contributed by atoms with E-state index in [-0.39, 0.29) is 0 Å². The van der Waals surface area contributed by atoms with Crippen molar-refractivity contribution in [1.29, 1.82) is 5.26 Å². The molecule has 0 aliphatic carbocycles. The van der Waals surface area contributed by atoms with E-state index in [1.54, 1.807) is 24.4 Å². The molecule has 84 valence electrons. The third-order valence-electron chi connectivity index (χ3n) is 2.32. The van der Waals surface area contributed by atoms with Gasteiger partial charge in [0.05, 0.1) is 12.7 Å². The molecule has 0 radical (unpaired) electrons. The number of anilines is 1. The first-order chi connectivity index (χ1) is 8.26. The Morgan fingerprint density at radius 1 is 1.29 bits per heavy atom. The van der Waals surface area contributed by atoms with E-state index in [2.05, 4.69) is 16.0 Å². The van der Waals surface area contributed by atoms with Crippen LogP contribution in [0.5, 0.6) is 5.75 Å². The predicted molar refractivity (Wildman–Crippen MR) is 63.1 cm³/mol. The normalized spacial score (nSPS) is 9.65. The minimum absolute atomic E-state index is 0.335. The van der Waals surface area contributed by atoms with Crippen LogP contribution in [-0.4, -0.2) is 17.1 Å². The van der Waals surface area contributed by atoms with E-state index in [9.17, 15) is 0 Å². The lowest BCUT2D eigenvalue weighted by Gasteiger charge is -2.06. The molecule has 2 N–H and O–H groups in total. The Bertz CT molecular complexity index is 589. The van der Waals surface area contributed by atoms with Gasteiger partial charge in [0.1, 0.15) is 23.3 Å². The summed E-state index contributed by atoms with van der Waals surface area (Å²) in [5.74, 6) is 0.861. The van der Waals surface area contributed by atoms with E-state index in [0.29, 0.717) is 22.8 Å². The zero-order valence-corrected chi connectivity index (χ0v) is 9.21. The molecule has 1 aromatic carbocycles. The Hall–Kier alpha value is -2.61. The Labute approximate surface area is 98.5 Å². The topological polar surface area (TPSA) is 84.8 Å². The predicted octanol–water partition coefficient (Wildman–Crippen LogP) is 1.61. The van der Waals surface area contributed by atoms with Crippen molar-refractivity contribution >= 4 is 5.82 Å². The number of rotatable bonds is 2. The minimum Gasteiger partial charge on any atom is -0.495 e. The molecule has 0 aliphatic heterocycles. The van der Waals surface area contributed by atoms with Crippen molar-refractivity contribution in [3.05, 3.63) is 36.2 Å². The molecule has 5 heteroatoms. The van der Waals surface area contributed by atoms with Crippen LogP contribution >= 0.6 is 0 Å². The first-order valence-electron chi connectivity index (χ1n) is 4.91. The number of hydrogen-bond donors (Lipinski definition) is 1. The van der Waals surface area contributed by atoms with E-state index in [4.69, 9.17) is 15.7 Å². The lowest BCUT2D eigenvalue weighted by Crippen LogP contribution is -1.97. The van der Waals surface area contributed by atoms with Crippen LogP contribution in [0.25, 0.3) is 11.3 Å². The summed E-state index contributed by atoms with van der Waals surface area (Å²) in [6.07, 6.45) is 3.08. The van der Waals surface area contributed by atoms with Gasteiger partial charge in [-0.15, -0.1) is 0 Å². The van der Waals surface area contributed by atoms with Crippen LogP contribution in [0, 0.1) is 11.3 Å². The molecule has 2 rings (SSSR count). The first-order valence-corrected chi connectivity index (χ1v) is 4.91. The molecule has 0 fully saturated rings. The fourth-order valence-electron chi connectivity index (χ4n) is 1.51. The molecular weight excluding hydrogens is 216 g/mol. The Balaban J connectivity index is 2.55. The van der Waals surface area contributed by atoms with Gasteiger partial charge in [0.2, 0.25) is 0 Å². The average molecular weight is 226 g/mol. The number of ether oxygens (including phenoxy) is 1. The van der Waals surface area contributed by atoms with Crippen LogP contribution in [0.1, 0.15) is 5.56 Å². The van der Waals surface area contributed by atoms with E-state index >= 15 is 0 Å². The van der Waals surface area contributed by atoms with Crippen LogP contribution in [0.3, 0.4) is 0 Å². The fraction of sp³-hybridized carbons (Fsp3) is 0.0833. The third-order valence-corrected chi connectivity index (χ3v) is 2.32. The highest BCUT2D eigenvalue weighted by molar-refractivity contribution is 5.71. The molecule has 0 spiro atoms. The van der Waals surface area contributed by atoms with Crippen molar-refractivity contribution < 1.29 is 4.74 Å². The summed E-state index contributed by atoms with van der Waals surface area (Å²) in [4.78, 5) is 8.10. The molecule has 2 aromatic rings. The molecule has 0 aliphatic rings. The number of benzene rings is 1. The van der Waals surface area contributed by atoms with Gasteiger partial charge in [-0.2, -0.15) is 5.26 Å². The quantitative estimate of drug-likeness (QED) is 0.840. The summed E-state index contributed by atoms with van der Waals surface area (Å²) in [5, 5.41) is 8.99. The SMILES string of the molecule is COc1ccc(-c2nccnc2N)cc1C#N. The molecule has 0 bridgehead atoms. The second-order valence-corrected chi connectivity index (χ2v) is 3.32. The van der Waals surface area contributed by atoms with Gasteiger partial charge in [-0.1, -0.05) is 0 Å². The zero-order valence-electron chi connectivity index (χ0n) is 9.21. The number of nitrogens with two attached hydrogens (primary N) is 1. The maximum absolute atomic E-state index is 8.99. The van der Waals surface area contributed by atoms with E-state index in [1.807, 2.05) is 0 Å². The number of aromatic nitrogens is 2. The van der Waals surface area contributed by atoms with Gasteiger partial charge in [0.15, 0.2) is 0 Å². The maximum Gasteiger partial charge on any atom is 0.149 e. The van der Waals surface area contributed by atoms with Crippen molar-refractivity contribution in [2.24, 2.45) is 0 Å². The van der Waals surface area contributed by atoms with Crippen molar-refractivity contribution in [2.45, 2.75) is 0 Å². The van der Waals surface area contributed by atoms with Crippen LogP contribution in [-0.2, 0) is 0 Å². The second-order valence-electron chi connectivity index (χ2n) is 3.32. The number of methoxy groups -OCH3 is 1. The lowest BCUT2D eigenvalue weighted by molar-refractivity contribution is 0.413. The highest BCUT2D eigenvalue weighted by Gasteiger charge is 2.08. The van der Waals surface area contributed by atoms with Crippen molar-refractivity contribution in [2.75, 3.05) is 12.8 Å². The summed E-state index contributed by atoms with van der Waals surface area (Å²) in [5.41, 5.74) is 7.47. The minimum atomic E-state index is 0.335. The smallest absolute Gasteiger partial charge is 0.149 e. The van der Waals surface area contributed by atoms with Crippen LogP contribution in [0.4, 0.5) is 5.82 Å². The van der Waals surface area contributed by atoms with E-state index < -0.39 is 0 Å². The number of nitriles is 1. The van der Waals surface area contributed by atoms with Gasteiger partial charge >= 0.3 is 0 Å². The number of hydrogen-bond acceptors (Lipinski definition) is 5. The molecule has 0 unspecified atom stereocenters. The molecule has 1 heterocycles. The molecule has 0 amide bonds. The summed E-state index contributed by atoms with van der Waals surface area (Å²) in [6.45, 7) is 0. The molecule has 0 atom stereocenters. The van der Waals surface area contributed by atoms with E-state index in [1.165, 1.54) is 13.3 Å². The maximum atomic E-state index is 8.99. The van der Waals surface area contributed by atoms with Crippen LogP contribution in [0.2, 0.25) is 0 Å². The average Bonchev–Trinajstić information content (AvgIpc) is 2.38. The monoisotopic (exact) mass is 226 g/mol. The van der Waals surface area contributed by atoms with Crippen molar-refractivity contribution in [3.8, 4) is 23.1 Å². The summed E-state index contributed by atoms with van der Waals surface area (Å²) in [6, 6.07) is 7.24. The highest BCUT2D eigenvalue weighted by Crippen LogP contribution is 2.26. The molecule has 1 aromatic heterocycles. The summed E-state index contributed by atoms with van der Waals surface area (Å²) < 4.78 is 5.07.